The third kappa shape index (κ3) is 38.3. The van der Waals surface area contributed by atoms with Gasteiger partial charge in [0.25, 0.3) is 0 Å². The molecule has 1 rings (SSSR count). The lowest BCUT2D eigenvalue weighted by Gasteiger charge is -2.31. The molecule has 370 valence electrons. The minimum atomic E-state index is -0.671. The van der Waals surface area contributed by atoms with E-state index in [0.717, 1.165) is 116 Å². The zero-order valence-electron chi connectivity index (χ0n) is 41.4. The normalized spacial score (nSPS) is 15.3. The topological polar surface area (TPSA) is 110 Å². The predicted octanol–water partition coefficient (Wildman–Crippen LogP) is 14.1. The van der Waals surface area contributed by atoms with E-state index in [1.165, 1.54) is 38.5 Å². The molecule has 0 radical (unpaired) electrons. The van der Waals surface area contributed by atoms with Gasteiger partial charge in [0.1, 0.15) is 6.10 Å². The van der Waals surface area contributed by atoms with E-state index in [4.69, 9.17) is 28.4 Å². The van der Waals surface area contributed by atoms with Crippen molar-refractivity contribution >= 4 is 18.1 Å². The summed E-state index contributed by atoms with van der Waals surface area (Å²) in [6.07, 6.45) is 42.4. The van der Waals surface area contributed by atoms with Crippen LogP contribution in [0.2, 0.25) is 0 Å². The molecule has 0 bridgehead atoms. The molecule has 2 unspecified atom stereocenters. The molecule has 1 saturated heterocycles. The molecule has 0 N–H and O–H groups in total. The number of carbonyl (C=O) groups is 3. The van der Waals surface area contributed by atoms with Crippen molar-refractivity contribution in [2.45, 2.75) is 220 Å². The van der Waals surface area contributed by atoms with Crippen molar-refractivity contribution in [2.24, 2.45) is 5.92 Å². The predicted molar refractivity (Wildman–Crippen MR) is 262 cm³/mol. The Kier molecular flexibility index (Phi) is 41.7. The Hall–Kier alpha value is -2.95. The van der Waals surface area contributed by atoms with Gasteiger partial charge >= 0.3 is 18.1 Å². The number of piperidine rings is 1. The monoisotopic (exact) mass is 902 g/mol. The molecule has 1 heterocycles. The van der Waals surface area contributed by atoms with Crippen LogP contribution in [0, 0.1) is 5.92 Å². The molecule has 64 heavy (non-hydrogen) atoms. The standard InChI is InChI=1S/C54H95NO9/c1-5-9-12-15-18-19-20-21-22-23-24-25-26-27-30-39-51(56)59-45-34-37-50(64-54(58)63-48-49-36-33-42-55(8-4)47-49)38-35-46-60-52(57)40-41-53(61-43-31-28-16-13-10-6-2)62-44-32-29-17-14-11-7-3/h10-11,13-14,18-19,21-22,49-50,53H,5-9,12,15-17,20,23-48H2,1-4H3/b13-10-,14-11-,19-18-,22-21-. The van der Waals surface area contributed by atoms with Gasteiger partial charge in [-0.15, -0.1) is 0 Å². The fourth-order valence-corrected chi connectivity index (χ4v) is 7.59. The van der Waals surface area contributed by atoms with Gasteiger partial charge in [-0.2, -0.15) is 0 Å². The zero-order valence-corrected chi connectivity index (χ0v) is 41.4. The van der Waals surface area contributed by atoms with Crippen molar-refractivity contribution < 1.29 is 42.8 Å². The second kappa shape index (κ2) is 45.2. The molecular weight excluding hydrogens is 807 g/mol. The van der Waals surface area contributed by atoms with Crippen LogP contribution in [0.15, 0.2) is 48.6 Å². The third-order valence-corrected chi connectivity index (χ3v) is 11.5. The second-order valence-corrected chi connectivity index (χ2v) is 17.4. The van der Waals surface area contributed by atoms with E-state index in [0.29, 0.717) is 64.3 Å². The van der Waals surface area contributed by atoms with Crippen LogP contribution < -0.4 is 0 Å². The van der Waals surface area contributed by atoms with E-state index in [1.54, 1.807) is 0 Å². The number of unbranched alkanes of at least 4 members (excludes halogenated alkanes) is 12. The molecule has 0 aromatic heterocycles. The molecule has 0 amide bonds. The van der Waals surface area contributed by atoms with Crippen LogP contribution >= 0.6 is 0 Å². The summed E-state index contributed by atoms with van der Waals surface area (Å²) in [5, 5.41) is 0. The van der Waals surface area contributed by atoms with Crippen molar-refractivity contribution in [3.63, 3.8) is 0 Å². The van der Waals surface area contributed by atoms with Crippen LogP contribution in [0.25, 0.3) is 0 Å². The van der Waals surface area contributed by atoms with E-state index in [-0.39, 0.29) is 31.6 Å². The van der Waals surface area contributed by atoms with E-state index in [9.17, 15) is 14.4 Å². The van der Waals surface area contributed by atoms with Crippen LogP contribution in [0.4, 0.5) is 4.79 Å². The quantitative estimate of drug-likeness (QED) is 0.0193. The number of hydrogen-bond acceptors (Lipinski definition) is 10. The van der Waals surface area contributed by atoms with Gasteiger partial charge in [0.2, 0.25) is 0 Å². The Labute approximate surface area is 391 Å². The highest BCUT2D eigenvalue weighted by atomic mass is 16.7. The Morgan fingerprint density at radius 2 is 1.11 bits per heavy atom. The fourth-order valence-electron chi connectivity index (χ4n) is 7.59. The number of allylic oxidation sites excluding steroid dienone is 8. The van der Waals surface area contributed by atoms with Gasteiger partial charge in [-0.1, -0.05) is 108 Å². The van der Waals surface area contributed by atoms with Crippen LogP contribution in [0.1, 0.15) is 207 Å². The van der Waals surface area contributed by atoms with Gasteiger partial charge < -0.3 is 33.3 Å². The number of ether oxygens (including phenoxy) is 6. The second-order valence-electron chi connectivity index (χ2n) is 17.4. The highest BCUT2D eigenvalue weighted by Gasteiger charge is 2.22. The largest absolute Gasteiger partial charge is 0.508 e. The number of likely N-dealkylation sites (tertiary alicyclic amines) is 1. The van der Waals surface area contributed by atoms with Gasteiger partial charge in [-0.3, -0.25) is 9.59 Å². The Morgan fingerprint density at radius 1 is 0.562 bits per heavy atom. The molecular formula is C54H95NO9. The van der Waals surface area contributed by atoms with Crippen LogP contribution in [0.3, 0.4) is 0 Å². The van der Waals surface area contributed by atoms with Crippen molar-refractivity contribution in [1.29, 1.82) is 0 Å². The highest BCUT2D eigenvalue weighted by Crippen LogP contribution is 2.18. The number of hydrogen-bond donors (Lipinski definition) is 0. The lowest BCUT2D eigenvalue weighted by atomic mass is 9.99. The van der Waals surface area contributed by atoms with Gasteiger partial charge in [0.05, 0.1) is 26.2 Å². The summed E-state index contributed by atoms with van der Waals surface area (Å²) < 4.78 is 34.7. The summed E-state index contributed by atoms with van der Waals surface area (Å²) in [5.74, 6) is -0.177. The fraction of sp³-hybridized carbons (Fsp3) is 0.796. The molecule has 0 aliphatic carbocycles. The van der Waals surface area contributed by atoms with Crippen molar-refractivity contribution in [2.75, 3.05) is 52.7 Å². The zero-order chi connectivity index (χ0) is 46.4. The van der Waals surface area contributed by atoms with E-state index >= 15 is 0 Å². The first-order valence-electron chi connectivity index (χ1n) is 26.1. The molecule has 10 heteroatoms. The smallest absolute Gasteiger partial charge is 0.466 e. The Balaban J connectivity index is 2.46. The first-order chi connectivity index (χ1) is 31.4. The minimum absolute atomic E-state index is 0.180. The van der Waals surface area contributed by atoms with Crippen LogP contribution in [0.5, 0.6) is 0 Å². The van der Waals surface area contributed by atoms with E-state index in [1.807, 2.05) is 0 Å². The van der Waals surface area contributed by atoms with Gasteiger partial charge in [0, 0.05) is 38.5 Å². The van der Waals surface area contributed by atoms with Crippen molar-refractivity contribution in [3.8, 4) is 0 Å². The van der Waals surface area contributed by atoms with Gasteiger partial charge in [-0.25, -0.2) is 4.79 Å². The lowest BCUT2D eigenvalue weighted by molar-refractivity contribution is -0.159. The SMILES string of the molecule is CC/C=C\CCCCOC(CCC(=O)OCCCC(CCCOC(=O)CCCCCCC/C=C\C/C=C\CCCCC)OC(=O)OCC1CCCN(CC)C1)OCCCC/C=C\CC. The summed E-state index contributed by atoms with van der Waals surface area (Å²) in [6.45, 7) is 13.7. The number of carbonyl (C=O) groups excluding carboxylic acids is 3. The molecule has 0 spiro atoms. The average molecular weight is 902 g/mol. The highest BCUT2D eigenvalue weighted by molar-refractivity contribution is 5.69. The number of nitrogens with zero attached hydrogens (tertiary/aromatic N) is 1. The molecule has 10 nitrogen and oxygen atoms in total. The summed E-state index contributed by atoms with van der Waals surface area (Å²) in [7, 11) is 0. The molecule has 1 aliphatic heterocycles. The number of rotatable bonds is 43. The van der Waals surface area contributed by atoms with Crippen LogP contribution in [-0.2, 0) is 38.0 Å². The van der Waals surface area contributed by atoms with Gasteiger partial charge in [0.15, 0.2) is 6.29 Å². The van der Waals surface area contributed by atoms with Crippen LogP contribution in [-0.4, -0.2) is 88.1 Å². The lowest BCUT2D eigenvalue weighted by Crippen LogP contribution is -2.37. The molecule has 0 aromatic carbocycles. The van der Waals surface area contributed by atoms with E-state index in [2.05, 4.69) is 81.2 Å². The third-order valence-electron chi connectivity index (χ3n) is 11.5. The summed E-state index contributed by atoms with van der Waals surface area (Å²) in [4.78, 5) is 40.5. The molecule has 0 aromatic rings. The van der Waals surface area contributed by atoms with Crippen molar-refractivity contribution in [1.82, 2.24) is 4.90 Å². The maximum atomic E-state index is 12.8. The maximum absolute atomic E-state index is 12.8. The van der Waals surface area contributed by atoms with Gasteiger partial charge in [-0.05, 0) is 142 Å². The first-order valence-corrected chi connectivity index (χ1v) is 26.1. The number of esters is 2. The van der Waals surface area contributed by atoms with E-state index < -0.39 is 18.5 Å². The average Bonchev–Trinajstić information content (AvgIpc) is 3.30. The molecule has 2 atom stereocenters. The first kappa shape index (κ1) is 59.1. The Bertz CT molecular complexity index is 1190. The summed E-state index contributed by atoms with van der Waals surface area (Å²) in [6, 6.07) is 0. The summed E-state index contributed by atoms with van der Waals surface area (Å²) >= 11 is 0. The molecule has 0 saturated carbocycles. The summed E-state index contributed by atoms with van der Waals surface area (Å²) in [5.41, 5.74) is 0. The molecule has 1 aliphatic rings. The minimum Gasteiger partial charge on any atom is -0.466 e. The van der Waals surface area contributed by atoms with Crippen molar-refractivity contribution in [3.05, 3.63) is 48.6 Å². The Morgan fingerprint density at radius 3 is 1.70 bits per heavy atom. The maximum Gasteiger partial charge on any atom is 0.508 e. The molecule has 1 fully saturated rings.